The van der Waals surface area contributed by atoms with Crippen molar-refractivity contribution in [3.63, 3.8) is 0 Å². The van der Waals surface area contributed by atoms with Gasteiger partial charge in [0.25, 0.3) is 0 Å². The molecule has 0 radical (unpaired) electrons. The van der Waals surface area contributed by atoms with E-state index >= 15 is 0 Å². The molecule has 0 aromatic carbocycles. The van der Waals surface area contributed by atoms with Gasteiger partial charge in [0.1, 0.15) is 11.6 Å². The Balaban J connectivity index is 2.20. The lowest BCUT2D eigenvalue weighted by atomic mass is 9.89. The van der Waals surface area contributed by atoms with Gasteiger partial charge in [-0.2, -0.15) is 11.8 Å². The highest BCUT2D eigenvalue weighted by Crippen LogP contribution is 2.35. The van der Waals surface area contributed by atoms with E-state index in [4.69, 9.17) is 0 Å². The predicted molar refractivity (Wildman–Crippen MR) is 78.1 cm³/mol. The lowest BCUT2D eigenvalue weighted by Gasteiger charge is -2.44. The number of hydrogen-bond donors (Lipinski definition) is 1. The minimum atomic E-state index is -0.570. The zero-order valence-electron chi connectivity index (χ0n) is 11.9. The highest BCUT2D eigenvalue weighted by Gasteiger charge is 2.51. The summed E-state index contributed by atoms with van der Waals surface area (Å²) in [5, 5.41) is 3.05. The Kier molecular flexibility index (Phi) is 4.76. The Hall–Kier alpha value is -0.710. The van der Waals surface area contributed by atoms with Crippen LogP contribution in [0, 0.1) is 0 Å². The zero-order chi connectivity index (χ0) is 13.9. The summed E-state index contributed by atoms with van der Waals surface area (Å²) in [6, 6.07) is -0.254. The average Bonchev–Trinajstić information content (AvgIpc) is 2.85. The van der Waals surface area contributed by atoms with Gasteiger partial charge in [-0.3, -0.25) is 9.59 Å². The molecule has 1 saturated heterocycles. The van der Waals surface area contributed by atoms with Crippen LogP contribution in [0.3, 0.4) is 0 Å². The predicted octanol–water partition coefficient (Wildman–Crippen LogP) is 1.79. The van der Waals surface area contributed by atoms with E-state index in [2.05, 4.69) is 12.2 Å². The van der Waals surface area contributed by atoms with E-state index in [9.17, 15) is 9.59 Å². The van der Waals surface area contributed by atoms with Crippen LogP contribution in [0.5, 0.6) is 0 Å². The maximum Gasteiger partial charge on any atom is 0.249 e. The molecule has 1 atom stereocenters. The average molecular weight is 284 g/mol. The van der Waals surface area contributed by atoms with Crippen molar-refractivity contribution >= 4 is 23.6 Å². The molecule has 108 valence electrons. The van der Waals surface area contributed by atoms with E-state index in [1.165, 1.54) is 0 Å². The number of carbonyl (C=O) groups excluding carboxylic acids is 2. The van der Waals surface area contributed by atoms with E-state index in [0.29, 0.717) is 6.54 Å². The molecule has 0 bridgehead atoms. The van der Waals surface area contributed by atoms with Crippen molar-refractivity contribution in [2.45, 2.75) is 57.0 Å². The molecule has 2 fully saturated rings. The fourth-order valence-corrected chi connectivity index (χ4v) is 3.63. The Bertz CT molecular complexity index is 353. The molecule has 2 amide bonds. The third kappa shape index (κ3) is 2.76. The SMILES string of the molecule is CCCC1C(=O)NC2(CCCC2)C(=O)N1CCSC. The smallest absolute Gasteiger partial charge is 0.249 e. The molecule has 1 N–H and O–H groups in total. The second kappa shape index (κ2) is 6.16. The number of amides is 2. The van der Waals surface area contributed by atoms with Gasteiger partial charge in [-0.05, 0) is 25.5 Å². The molecule has 1 unspecified atom stereocenters. The Labute approximate surface area is 119 Å². The molecular formula is C14H24N2O2S. The molecule has 1 saturated carbocycles. The van der Waals surface area contributed by atoms with Crippen LogP contribution in [0.15, 0.2) is 0 Å². The minimum Gasteiger partial charge on any atom is -0.340 e. The molecule has 0 aromatic heterocycles. The van der Waals surface area contributed by atoms with E-state index in [0.717, 1.165) is 44.3 Å². The van der Waals surface area contributed by atoms with Gasteiger partial charge in [-0.15, -0.1) is 0 Å². The van der Waals surface area contributed by atoms with Gasteiger partial charge in [0, 0.05) is 12.3 Å². The summed E-state index contributed by atoms with van der Waals surface area (Å²) in [5.41, 5.74) is -0.570. The fraction of sp³-hybridized carbons (Fsp3) is 0.857. The molecule has 1 spiro atoms. The molecule has 0 aromatic rings. The van der Waals surface area contributed by atoms with Crippen molar-refractivity contribution in [1.82, 2.24) is 10.2 Å². The summed E-state index contributed by atoms with van der Waals surface area (Å²) in [6.07, 6.45) is 7.44. The largest absolute Gasteiger partial charge is 0.340 e. The van der Waals surface area contributed by atoms with Crippen molar-refractivity contribution in [2.24, 2.45) is 0 Å². The van der Waals surface area contributed by atoms with Crippen LogP contribution in [0.4, 0.5) is 0 Å². The van der Waals surface area contributed by atoms with Crippen LogP contribution in [-0.2, 0) is 9.59 Å². The van der Waals surface area contributed by atoms with E-state index in [-0.39, 0.29) is 17.9 Å². The van der Waals surface area contributed by atoms with Crippen LogP contribution in [0.1, 0.15) is 45.4 Å². The topological polar surface area (TPSA) is 49.4 Å². The van der Waals surface area contributed by atoms with E-state index < -0.39 is 5.54 Å². The fourth-order valence-electron chi connectivity index (χ4n) is 3.26. The number of hydrogen-bond acceptors (Lipinski definition) is 3. The van der Waals surface area contributed by atoms with E-state index in [1.54, 1.807) is 11.8 Å². The molecule has 2 aliphatic rings. The first kappa shape index (κ1) is 14.7. The van der Waals surface area contributed by atoms with Gasteiger partial charge in [-0.25, -0.2) is 0 Å². The maximum absolute atomic E-state index is 12.8. The van der Waals surface area contributed by atoms with Crippen molar-refractivity contribution in [1.29, 1.82) is 0 Å². The number of nitrogens with one attached hydrogen (secondary N) is 1. The number of thioether (sulfide) groups is 1. The second-order valence-electron chi connectivity index (χ2n) is 5.57. The lowest BCUT2D eigenvalue weighted by Crippen LogP contribution is -2.69. The molecule has 19 heavy (non-hydrogen) atoms. The summed E-state index contributed by atoms with van der Waals surface area (Å²) in [6.45, 7) is 2.75. The molecule has 1 aliphatic heterocycles. The van der Waals surface area contributed by atoms with Gasteiger partial charge in [0.15, 0.2) is 0 Å². The van der Waals surface area contributed by atoms with Gasteiger partial charge >= 0.3 is 0 Å². The molecular weight excluding hydrogens is 260 g/mol. The number of piperazine rings is 1. The number of nitrogens with zero attached hydrogens (tertiary/aromatic N) is 1. The Morgan fingerprint density at radius 1 is 1.37 bits per heavy atom. The number of rotatable bonds is 5. The lowest BCUT2D eigenvalue weighted by molar-refractivity contribution is -0.154. The highest BCUT2D eigenvalue weighted by atomic mass is 32.2. The van der Waals surface area contributed by atoms with Crippen molar-refractivity contribution in [3.05, 3.63) is 0 Å². The van der Waals surface area contributed by atoms with Crippen molar-refractivity contribution < 1.29 is 9.59 Å². The highest BCUT2D eigenvalue weighted by molar-refractivity contribution is 7.98. The van der Waals surface area contributed by atoms with Crippen LogP contribution in [0.25, 0.3) is 0 Å². The van der Waals surface area contributed by atoms with Gasteiger partial charge in [0.2, 0.25) is 11.8 Å². The first-order valence-electron chi connectivity index (χ1n) is 7.26. The second-order valence-corrected chi connectivity index (χ2v) is 6.56. The zero-order valence-corrected chi connectivity index (χ0v) is 12.7. The normalized spacial score (nSPS) is 26.0. The van der Waals surface area contributed by atoms with Crippen LogP contribution < -0.4 is 5.32 Å². The molecule has 4 nitrogen and oxygen atoms in total. The first-order valence-corrected chi connectivity index (χ1v) is 8.66. The Morgan fingerprint density at radius 2 is 2.05 bits per heavy atom. The summed E-state index contributed by atoms with van der Waals surface area (Å²) in [7, 11) is 0. The third-order valence-electron chi connectivity index (χ3n) is 4.27. The molecule has 1 aliphatic carbocycles. The standard InChI is InChI=1S/C14H24N2O2S/c1-3-6-11-12(17)15-14(7-4-5-8-14)13(18)16(11)9-10-19-2/h11H,3-10H2,1-2H3,(H,15,17). The van der Waals surface area contributed by atoms with Gasteiger partial charge in [0.05, 0.1) is 0 Å². The maximum atomic E-state index is 12.8. The summed E-state index contributed by atoms with van der Waals surface area (Å²) < 4.78 is 0. The minimum absolute atomic E-state index is 0.0597. The first-order chi connectivity index (χ1) is 9.14. The quantitative estimate of drug-likeness (QED) is 0.837. The molecule has 2 rings (SSSR count). The van der Waals surface area contributed by atoms with Crippen LogP contribution >= 0.6 is 11.8 Å². The number of carbonyl (C=O) groups is 2. The van der Waals surface area contributed by atoms with Crippen molar-refractivity contribution in [3.8, 4) is 0 Å². The Morgan fingerprint density at radius 3 is 2.63 bits per heavy atom. The van der Waals surface area contributed by atoms with Crippen molar-refractivity contribution in [2.75, 3.05) is 18.6 Å². The van der Waals surface area contributed by atoms with Crippen LogP contribution in [0.2, 0.25) is 0 Å². The van der Waals surface area contributed by atoms with Crippen LogP contribution in [-0.4, -0.2) is 46.8 Å². The monoisotopic (exact) mass is 284 g/mol. The summed E-state index contributed by atoms with van der Waals surface area (Å²) >= 11 is 1.72. The molecule has 5 heteroatoms. The van der Waals surface area contributed by atoms with Gasteiger partial charge in [-0.1, -0.05) is 26.2 Å². The summed E-state index contributed by atoms with van der Waals surface area (Å²) in [5.74, 6) is 1.12. The van der Waals surface area contributed by atoms with E-state index in [1.807, 2.05) is 11.2 Å². The summed E-state index contributed by atoms with van der Waals surface area (Å²) in [4.78, 5) is 27.0. The third-order valence-corrected chi connectivity index (χ3v) is 4.86. The molecule has 1 heterocycles. The van der Waals surface area contributed by atoms with Gasteiger partial charge < -0.3 is 10.2 Å².